The number of phenolic OH excluding ortho intramolecular Hbond substituents is 1. The first kappa shape index (κ1) is 21.8. The smallest absolute Gasteiger partial charge is 0.339 e. The van der Waals surface area contributed by atoms with Gasteiger partial charge in [-0.2, -0.15) is 0 Å². The van der Waals surface area contributed by atoms with Gasteiger partial charge < -0.3 is 15.3 Å². The van der Waals surface area contributed by atoms with Crippen molar-refractivity contribution in [3.05, 3.63) is 83.9 Å². The molecule has 5 N–H and O–H groups in total. The summed E-state index contributed by atoms with van der Waals surface area (Å²) >= 11 is 0. The average molecular weight is 394 g/mol. The van der Waals surface area contributed by atoms with Crippen LogP contribution in [-0.4, -0.2) is 21.3 Å². The summed E-state index contributed by atoms with van der Waals surface area (Å²) in [5.74, 6) is 5.00. The normalized spacial score (nSPS) is 10.6. The molecule has 152 valence electrons. The molecule has 0 fully saturated rings. The number of aromatic hydroxyl groups is 2. The van der Waals surface area contributed by atoms with Gasteiger partial charge >= 0.3 is 5.97 Å². The van der Waals surface area contributed by atoms with Crippen molar-refractivity contribution in [2.24, 2.45) is 5.84 Å². The summed E-state index contributed by atoms with van der Waals surface area (Å²) in [5.41, 5.74) is 3.09. The second-order valence-corrected chi connectivity index (χ2v) is 7.51. The molecular weight excluding hydrogens is 368 g/mol. The van der Waals surface area contributed by atoms with Crippen LogP contribution in [0.1, 0.15) is 36.7 Å². The number of carboxylic acid groups (broad SMARTS) is 1. The first-order chi connectivity index (χ1) is 13.6. The van der Waals surface area contributed by atoms with Crippen LogP contribution in [0.3, 0.4) is 0 Å². The maximum absolute atomic E-state index is 10.3. The van der Waals surface area contributed by atoms with E-state index in [4.69, 9.17) is 16.1 Å². The highest BCUT2D eigenvalue weighted by molar-refractivity contribution is 5.90. The Labute approximate surface area is 170 Å². The van der Waals surface area contributed by atoms with Crippen LogP contribution in [0, 0.1) is 0 Å². The van der Waals surface area contributed by atoms with Gasteiger partial charge in [-0.15, -0.1) is 0 Å². The number of nitrogens with zero attached hydrogens (tertiary/aromatic N) is 1. The number of phenols is 2. The maximum Gasteiger partial charge on any atom is 0.339 e. The molecule has 0 heterocycles. The predicted octanol–water partition coefficient (Wildman–Crippen LogP) is 4.79. The van der Waals surface area contributed by atoms with Gasteiger partial charge in [-0.25, -0.2) is 10.6 Å². The zero-order valence-corrected chi connectivity index (χ0v) is 16.7. The zero-order chi connectivity index (χ0) is 21.6. The van der Waals surface area contributed by atoms with Gasteiger partial charge in [0.05, 0.1) is 11.4 Å². The van der Waals surface area contributed by atoms with Gasteiger partial charge in [-0.05, 0) is 59.5 Å². The van der Waals surface area contributed by atoms with Gasteiger partial charge in [-0.3, -0.25) is 5.01 Å². The topological polar surface area (TPSA) is 107 Å². The molecule has 3 aromatic rings. The van der Waals surface area contributed by atoms with Crippen LogP contribution >= 0.6 is 0 Å². The van der Waals surface area contributed by atoms with E-state index in [1.165, 1.54) is 17.7 Å². The quantitative estimate of drug-likeness (QED) is 0.376. The molecular formula is C23H26N2O4. The largest absolute Gasteiger partial charge is 0.508 e. The molecule has 0 saturated carbocycles. The van der Waals surface area contributed by atoms with Gasteiger partial charge in [0.2, 0.25) is 0 Å². The standard InChI is InChI=1S/C16H20N2O.C7H6O3/c1-16(2,3)12-4-6-13(7-5-12)18(17)14-8-10-15(19)11-9-14;8-6-4-2-1-3-5(6)7(9)10/h4-11,19H,17H2,1-3H3;1-4,8H,(H,9,10). The number of hydrogen-bond acceptors (Lipinski definition) is 5. The molecule has 0 unspecified atom stereocenters. The summed E-state index contributed by atoms with van der Waals surface area (Å²) in [4.78, 5) is 10.3. The van der Waals surface area contributed by atoms with Gasteiger partial charge in [0.15, 0.2) is 0 Å². The highest BCUT2D eigenvalue weighted by Gasteiger charge is 2.14. The first-order valence-corrected chi connectivity index (χ1v) is 9.05. The molecule has 6 nitrogen and oxygen atoms in total. The summed E-state index contributed by atoms with van der Waals surface area (Å²) in [7, 11) is 0. The molecule has 0 atom stereocenters. The van der Waals surface area contributed by atoms with Crippen LogP contribution in [0.4, 0.5) is 11.4 Å². The number of hydrazine groups is 1. The van der Waals surface area contributed by atoms with Crippen molar-refractivity contribution < 1.29 is 20.1 Å². The number of carbonyl (C=O) groups is 1. The summed E-state index contributed by atoms with van der Waals surface area (Å²) in [6, 6.07) is 20.8. The fourth-order valence-electron chi connectivity index (χ4n) is 2.54. The second-order valence-electron chi connectivity index (χ2n) is 7.51. The number of para-hydroxylation sites is 1. The lowest BCUT2D eigenvalue weighted by atomic mass is 9.87. The SMILES string of the molecule is CC(C)(C)c1ccc(N(N)c2ccc(O)cc2)cc1.O=C(O)c1ccccc1O. The maximum atomic E-state index is 10.3. The van der Waals surface area contributed by atoms with E-state index in [-0.39, 0.29) is 22.5 Å². The van der Waals surface area contributed by atoms with E-state index in [2.05, 4.69) is 32.9 Å². The molecule has 0 radical (unpaired) electrons. The Balaban J connectivity index is 0.000000253. The number of hydrogen-bond donors (Lipinski definition) is 4. The van der Waals surface area contributed by atoms with Crippen molar-refractivity contribution in [3.63, 3.8) is 0 Å². The summed E-state index contributed by atoms with van der Waals surface area (Å²) < 4.78 is 0. The zero-order valence-electron chi connectivity index (χ0n) is 16.7. The van der Waals surface area contributed by atoms with E-state index >= 15 is 0 Å². The Morgan fingerprint density at radius 1 is 0.828 bits per heavy atom. The summed E-state index contributed by atoms with van der Waals surface area (Å²) in [5, 5.41) is 28.2. The average Bonchev–Trinajstić information content (AvgIpc) is 2.68. The van der Waals surface area contributed by atoms with Gasteiger partial charge in [-0.1, -0.05) is 45.0 Å². The van der Waals surface area contributed by atoms with E-state index < -0.39 is 5.97 Å². The lowest BCUT2D eigenvalue weighted by Gasteiger charge is -2.22. The van der Waals surface area contributed by atoms with Crippen LogP contribution in [0.2, 0.25) is 0 Å². The molecule has 0 aromatic heterocycles. The molecule has 0 saturated heterocycles. The van der Waals surface area contributed by atoms with Crippen LogP contribution in [0.5, 0.6) is 11.5 Å². The fraction of sp³-hybridized carbons (Fsp3) is 0.174. The molecule has 0 amide bonds. The molecule has 0 aliphatic carbocycles. The minimum Gasteiger partial charge on any atom is -0.508 e. The van der Waals surface area contributed by atoms with Crippen molar-refractivity contribution in [2.75, 3.05) is 5.01 Å². The van der Waals surface area contributed by atoms with E-state index in [9.17, 15) is 9.90 Å². The molecule has 29 heavy (non-hydrogen) atoms. The minimum atomic E-state index is -1.11. The van der Waals surface area contributed by atoms with Gasteiger partial charge in [0, 0.05) is 0 Å². The number of anilines is 2. The summed E-state index contributed by atoms with van der Waals surface area (Å²) in [6.07, 6.45) is 0. The predicted molar refractivity (Wildman–Crippen MR) is 115 cm³/mol. The molecule has 0 bridgehead atoms. The molecule has 0 aliphatic heterocycles. The Morgan fingerprint density at radius 2 is 1.31 bits per heavy atom. The monoisotopic (exact) mass is 394 g/mol. The third kappa shape index (κ3) is 5.99. The van der Waals surface area contributed by atoms with Gasteiger partial charge in [0.1, 0.15) is 17.1 Å². The van der Waals surface area contributed by atoms with E-state index in [0.29, 0.717) is 0 Å². The highest BCUT2D eigenvalue weighted by atomic mass is 16.4. The second kappa shape index (κ2) is 9.12. The Hall–Kier alpha value is -3.51. The van der Waals surface area contributed by atoms with Crippen molar-refractivity contribution in [3.8, 4) is 11.5 Å². The third-order valence-electron chi connectivity index (χ3n) is 4.27. The van der Waals surface area contributed by atoms with Crippen LogP contribution < -0.4 is 10.9 Å². The van der Waals surface area contributed by atoms with Crippen LogP contribution in [0.25, 0.3) is 0 Å². The first-order valence-electron chi connectivity index (χ1n) is 9.05. The van der Waals surface area contributed by atoms with E-state index in [1.807, 2.05) is 12.1 Å². The van der Waals surface area contributed by atoms with E-state index in [1.54, 1.807) is 41.4 Å². The number of carboxylic acids is 1. The fourth-order valence-corrected chi connectivity index (χ4v) is 2.54. The minimum absolute atomic E-state index is 0.0671. The Bertz CT molecular complexity index is 946. The van der Waals surface area contributed by atoms with E-state index in [0.717, 1.165) is 11.4 Å². The molecule has 0 aliphatic rings. The van der Waals surface area contributed by atoms with Crippen molar-refractivity contribution in [2.45, 2.75) is 26.2 Å². The van der Waals surface area contributed by atoms with Crippen molar-refractivity contribution in [1.29, 1.82) is 0 Å². The lowest BCUT2D eigenvalue weighted by molar-refractivity contribution is 0.0693. The summed E-state index contributed by atoms with van der Waals surface area (Å²) in [6.45, 7) is 6.55. The van der Waals surface area contributed by atoms with Gasteiger partial charge in [0.25, 0.3) is 0 Å². The number of nitrogens with two attached hydrogens (primary N) is 1. The number of benzene rings is 3. The number of rotatable bonds is 3. The highest BCUT2D eigenvalue weighted by Crippen LogP contribution is 2.27. The third-order valence-corrected chi connectivity index (χ3v) is 4.27. The van der Waals surface area contributed by atoms with Crippen molar-refractivity contribution in [1.82, 2.24) is 0 Å². The molecule has 3 rings (SSSR count). The molecule has 3 aromatic carbocycles. The van der Waals surface area contributed by atoms with Crippen LogP contribution in [-0.2, 0) is 5.41 Å². The lowest BCUT2D eigenvalue weighted by Crippen LogP contribution is -2.24. The Morgan fingerprint density at radius 3 is 1.72 bits per heavy atom. The Kier molecular flexibility index (Phi) is 6.85. The molecule has 0 spiro atoms. The van der Waals surface area contributed by atoms with Crippen molar-refractivity contribution >= 4 is 17.3 Å². The molecule has 6 heteroatoms. The van der Waals surface area contributed by atoms with Crippen LogP contribution in [0.15, 0.2) is 72.8 Å². The number of aromatic carboxylic acids is 1.